The van der Waals surface area contributed by atoms with E-state index in [1.807, 2.05) is 35.2 Å². The van der Waals surface area contributed by atoms with Gasteiger partial charge in [-0.3, -0.25) is 14.4 Å². The first-order valence-electron chi connectivity index (χ1n) is 12.7. The maximum absolute atomic E-state index is 13.7. The van der Waals surface area contributed by atoms with Crippen LogP contribution >= 0.6 is 0 Å². The lowest BCUT2D eigenvalue weighted by molar-refractivity contribution is -0.140. The lowest BCUT2D eigenvalue weighted by atomic mass is 9.85. The molecule has 3 aliphatic rings. The number of likely N-dealkylation sites (tertiary alicyclic amines) is 1. The highest BCUT2D eigenvalue weighted by Gasteiger charge is 2.54. The predicted octanol–water partition coefficient (Wildman–Crippen LogP) is 3.29. The fourth-order valence-electron chi connectivity index (χ4n) is 5.63. The van der Waals surface area contributed by atoms with Crippen LogP contribution in [0.5, 0.6) is 0 Å². The normalized spacial score (nSPS) is 21.0. The molecule has 0 aromatic heterocycles. The average Bonchev–Trinajstić information content (AvgIpc) is 3.10. The average molecular weight is 455 g/mol. The number of benzene rings is 1. The second-order valence-electron chi connectivity index (χ2n) is 9.83. The number of para-hydroxylation sites is 1. The van der Waals surface area contributed by atoms with E-state index < -0.39 is 5.54 Å². The topological polar surface area (TPSA) is 73.0 Å². The van der Waals surface area contributed by atoms with Gasteiger partial charge in [0.2, 0.25) is 11.8 Å². The van der Waals surface area contributed by atoms with E-state index >= 15 is 0 Å². The van der Waals surface area contributed by atoms with Crippen LogP contribution in [0.1, 0.15) is 71.1 Å². The van der Waals surface area contributed by atoms with Crippen LogP contribution in [0.2, 0.25) is 0 Å². The van der Waals surface area contributed by atoms with Crippen LogP contribution in [0.25, 0.3) is 0 Å². The van der Waals surface area contributed by atoms with E-state index in [4.69, 9.17) is 0 Å². The molecule has 1 spiro atoms. The van der Waals surface area contributed by atoms with E-state index in [1.54, 1.807) is 4.90 Å². The Morgan fingerprint density at radius 2 is 1.76 bits per heavy atom. The van der Waals surface area contributed by atoms with E-state index in [9.17, 15) is 14.4 Å². The quantitative estimate of drug-likeness (QED) is 0.686. The lowest BCUT2D eigenvalue weighted by Crippen LogP contribution is -2.57. The minimum atomic E-state index is -0.686. The Bertz CT molecular complexity index is 829. The van der Waals surface area contributed by atoms with Gasteiger partial charge in [0.05, 0.1) is 6.67 Å². The summed E-state index contributed by atoms with van der Waals surface area (Å²) in [6.45, 7) is 3.76. The highest BCUT2D eigenvalue weighted by Crippen LogP contribution is 2.39. The highest BCUT2D eigenvalue weighted by atomic mass is 16.2. The third-order valence-corrected chi connectivity index (χ3v) is 7.57. The van der Waals surface area contributed by atoms with Gasteiger partial charge in [0, 0.05) is 31.2 Å². The largest absolute Gasteiger partial charge is 0.352 e. The van der Waals surface area contributed by atoms with Crippen LogP contribution in [0.4, 0.5) is 5.69 Å². The van der Waals surface area contributed by atoms with Crippen LogP contribution in [0, 0.1) is 0 Å². The van der Waals surface area contributed by atoms with Crippen molar-refractivity contribution in [2.45, 2.75) is 82.7 Å². The van der Waals surface area contributed by atoms with Crippen molar-refractivity contribution in [2.24, 2.45) is 0 Å². The number of anilines is 1. The van der Waals surface area contributed by atoms with Crippen LogP contribution in [0.15, 0.2) is 30.3 Å². The summed E-state index contributed by atoms with van der Waals surface area (Å²) in [5.41, 5.74) is 0.306. The third-order valence-electron chi connectivity index (χ3n) is 7.57. The minimum absolute atomic E-state index is 0.0193. The monoisotopic (exact) mass is 454 g/mol. The summed E-state index contributed by atoms with van der Waals surface area (Å²) in [5.74, 6) is 0.144. The number of unbranched alkanes of at least 4 members (excludes halogenated alkanes) is 1. The van der Waals surface area contributed by atoms with E-state index in [-0.39, 0.29) is 30.3 Å². The summed E-state index contributed by atoms with van der Waals surface area (Å²) < 4.78 is 0. The Labute approximate surface area is 197 Å². The lowest BCUT2D eigenvalue weighted by Gasteiger charge is -2.43. The molecule has 1 saturated carbocycles. The summed E-state index contributed by atoms with van der Waals surface area (Å²) in [4.78, 5) is 44.9. The first kappa shape index (κ1) is 23.6. The van der Waals surface area contributed by atoms with Crippen LogP contribution in [-0.2, 0) is 14.4 Å². The molecule has 0 bridgehead atoms. The van der Waals surface area contributed by atoms with Gasteiger partial charge >= 0.3 is 0 Å². The molecule has 1 N–H and O–H groups in total. The number of nitrogens with one attached hydrogen (secondary N) is 1. The number of carbonyl (C=O) groups excluding carboxylic acids is 3. The number of amides is 3. The molecule has 1 aliphatic carbocycles. The molecule has 2 aliphatic heterocycles. The van der Waals surface area contributed by atoms with Gasteiger partial charge in [-0.2, -0.15) is 0 Å². The van der Waals surface area contributed by atoms with Crippen molar-refractivity contribution in [1.29, 1.82) is 0 Å². The van der Waals surface area contributed by atoms with Crippen molar-refractivity contribution in [2.75, 3.05) is 31.2 Å². The Kier molecular flexibility index (Phi) is 7.56. The van der Waals surface area contributed by atoms with Gasteiger partial charge < -0.3 is 20.0 Å². The summed E-state index contributed by atoms with van der Waals surface area (Å²) >= 11 is 0. The van der Waals surface area contributed by atoms with Gasteiger partial charge in [0.25, 0.3) is 5.91 Å². The number of rotatable bonds is 7. The molecule has 180 valence electrons. The fraction of sp³-hybridized carbons (Fsp3) is 0.654. The number of nitrogens with zero attached hydrogens (tertiary/aromatic N) is 3. The van der Waals surface area contributed by atoms with Gasteiger partial charge in [-0.05, 0) is 44.2 Å². The van der Waals surface area contributed by atoms with Crippen molar-refractivity contribution < 1.29 is 14.4 Å². The van der Waals surface area contributed by atoms with Crippen molar-refractivity contribution in [3.63, 3.8) is 0 Å². The van der Waals surface area contributed by atoms with Gasteiger partial charge in [-0.25, -0.2) is 0 Å². The van der Waals surface area contributed by atoms with Crippen LogP contribution < -0.4 is 10.2 Å². The standard InChI is InChI=1S/C26H38N4O3/c1-2-3-14-24(32)28-17-15-26(16-18-28)25(33)29(20-30(26)22-12-8-5-9-13-22)19-23(31)27-21-10-6-4-7-11-21/h5,8-9,12-13,21H,2-4,6-7,10-11,14-20H2,1H3,(H,27,31). The third kappa shape index (κ3) is 5.17. The summed E-state index contributed by atoms with van der Waals surface area (Å²) in [6.07, 6.45) is 9.29. The minimum Gasteiger partial charge on any atom is -0.352 e. The zero-order chi connectivity index (χ0) is 23.3. The molecule has 0 atom stereocenters. The highest BCUT2D eigenvalue weighted by molar-refractivity contribution is 5.96. The summed E-state index contributed by atoms with van der Waals surface area (Å²) in [6, 6.07) is 10.2. The van der Waals surface area contributed by atoms with Gasteiger partial charge in [-0.15, -0.1) is 0 Å². The van der Waals surface area contributed by atoms with Crippen molar-refractivity contribution in [3.8, 4) is 0 Å². The van der Waals surface area contributed by atoms with E-state index in [1.165, 1.54) is 6.42 Å². The SMILES string of the molecule is CCCCC(=O)N1CCC2(CC1)C(=O)N(CC(=O)NC1CCCCC1)CN2c1ccccc1. The molecule has 0 unspecified atom stereocenters. The molecule has 2 saturated heterocycles. The number of carbonyl (C=O) groups is 3. The zero-order valence-corrected chi connectivity index (χ0v) is 19.9. The van der Waals surface area contributed by atoms with Crippen LogP contribution in [-0.4, -0.2) is 65.4 Å². The molecule has 1 aromatic carbocycles. The molecule has 33 heavy (non-hydrogen) atoms. The van der Waals surface area contributed by atoms with Gasteiger partial charge in [0.1, 0.15) is 12.1 Å². The number of hydrogen-bond donors (Lipinski definition) is 1. The summed E-state index contributed by atoms with van der Waals surface area (Å²) in [7, 11) is 0. The second-order valence-corrected chi connectivity index (χ2v) is 9.83. The first-order chi connectivity index (χ1) is 16.0. The Morgan fingerprint density at radius 1 is 1.06 bits per heavy atom. The first-order valence-corrected chi connectivity index (χ1v) is 12.7. The molecule has 1 aromatic rings. The molecule has 7 nitrogen and oxygen atoms in total. The predicted molar refractivity (Wildman–Crippen MR) is 129 cm³/mol. The smallest absolute Gasteiger partial charge is 0.250 e. The van der Waals surface area contributed by atoms with Crippen molar-refractivity contribution in [3.05, 3.63) is 30.3 Å². The van der Waals surface area contributed by atoms with E-state index in [0.29, 0.717) is 39.0 Å². The van der Waals surface area contributed by atoms with E-state index in [0.717, 1.165) is 44.2 Å². The molecular formula is C26H38N4O3. The maximum atomic E-state index is 13.7. The molecule has 0 radical (unpaired) electrons. The zero-order valence-electron chi connectivity index (χ0n) is 19.9. The second kappa shape index (κ2) is 10.6. The summed E-state index contributed by atoms with van der Waals surface area (Å²) in [5, 5.41) is 3.15. The molecular weight excluding hydrogens is 416 g/mol. The van der Waals surface area contributed by atoms with Crippen LogP contribution in [0.3, 0.4) is 0 Å². The van der Waals surface area contributed by atoms with Crippen molar-refractivity contribution in [1.82, 2.24) is 15.1 Å². The van der Waals surface area contributed by atoms with Crippen molar-refractivity contribution >= 4 is 23.4 Å². The number of piperidine rings is 1. The van der Waals surface area contributed by atoms with Gasteiger partial charge in [-0.1, -0.05) is 50.8 Å². The Balaban J connectivity index is 1.46. The molecule has 3 amide bonds. The maximum Gasteiger partial charge on any atom is 0.250 e. The fourth-order valence-corrected chi connectivity index (χ4v) is 5.63. The molecule has 3 fully saturated rings. The molecule has 2 heterocycles. The molecule has 4 rings (SSSR count). The van der Waals surface area contributed by atoms with Gasteiger partial charge in [0.15, 0.2) is 0 Å². The number of hydrogen-bond acceptors (Lipinski definition) is 4. The molecule has 7 heteroatoms. The Hall–Kier alpha value is -2.57. The van der Waals surface area contributed by atoms with E-state index in [2.05, 4.69) is 17.1 Å². The Morgan fingerprint density at radius 3 is 2.42 bits per heavy atom.